The minimum absolute atomic E-state index is 0.100. The lowest BCUT2D eigenvalue weighted by molar-refractivity contribution is 0.0997. The van der Waals surface area contributed by atoms with Crippen molar-refractivity contribution in [3.8, 4) is 0 Å². The standard InChI is InChI=1S/C19H17Cl2FN4O5S/c1-8-13(22)5-4-12(21)15(8)9(2)16(18-24-25-19(28)31-18)26-32(29,30)14-6-3-10(20)7-11(14)17(23)27/h3-7,9,16,26H,1-2H3,(H2,23,27)(H,25,28)/t9-,16+/m1/s1. The molecule has 0 bridgehead atoms. The Morgan fingerprint density at radius 3 is 2.56 bits per heavy atom. The van der Waals surface area contributed by atoms with Crippen molar-refractivity contribution in [2.24, 2.45) is 5.73 Å². The summed E-state index contributed by atoms with van der Waals surface area (Å²) in [6, 6.07) is 4.67. The van der Waals surface area contributed by atoms with Gasteiger partial charge in [0.25, 0.3) is 0 Å². The maximum atomic E-state index is 14.2. The fourth-order valence-electron chi connectivity index (χ4n) is 3.29. The fraction of sp³-hybridized carbons (Fsp3) is 0.211. The van der Waals surface area contributed by atoms with Crippen LogP contribution in [-0.2, 0) is 10.0 Å². The second-order valence-electron chi connectivity index (χ2n) is 6.91. The zero-order chi connectivity index (χ0) is 23.8. The molecule has 4 N–H and O–H groups in total. The highest BCUT2D eigenvalue weighted by atomic mass is 35.5. The van der Waals surface area contributed by atoms with Crippen LogP contribution in [0.5, 0.6) is 0 Å². The van der Waals surface area contributed by atoms with Crippen molar-refractivity contribution in [2.45, 2.75) is 30.7 Å². The highest BCUT2D eigenvalue weighted by molar-refractivity contribution is 7.89. The topological polar surface area (TPSA) is 148 Å². The molecule has 0 spiro atoms. The molecule has 0 radical (unpaired) electrons. The number of amides is 1. The third-order valence-corrected chi connectivity index (χ3v) is 6.91. The van der Waals surface area contributed by atoms with E-state index < -0.39 is 44.4 Å². The van der Waals surface area contributed by atoms with E-state index in [4.69, 9.17) is 33.4 Å². The Bertz CT molecular complexity index is 1360. The van der Waals surface area contributed by atoms with Crippen LogP contribution in [0.1, 0.15) is 46.3 Å². The van der Waals surface area contributed by atoms with Crippen LogP contribution in [-0.4, -0.2) is 24.5 Å². The number of nitrogens with zero attached hydrogens (tertiary/aromatic N) is 1. The molecule has 0 aliphatic rings. The van der Waals surface area contributed by atoms with Crippen LogP contribution in [0.2, 0.25) is 10.0 Å². The number of hydrogen-bond acceptors (Lipinski definition) is 6. The Labute approximate surface area is 191 Å². The first-order valence-corrected chi connectivity index (χ1v) is 11.3. The van der Waals surface area contributed by atoms with Crippen LogP contribution >= 0.6 is 23.2 Å². The highest BCUT2D eigenvalue weighted by Crippen LogP contribution is 2.37. The van der Waals surface area contributed by atoms with E-state index in [9.17, 15) is 22.4 Å². The van der Waals surface area contributed by atoms with E-state index >= 15 is 0 Å². The normalized spacial score (nSPS) is 13.7. The number of hydrogen-bond donors (Lipinski definition) is 3. The van der Waals surface area contributed by atoms with Gasteiger partial charge in [-0.05, 0) is 48.4 Å². The quantitative estimate of drug-likeness (QED) is 0.452. The Morgan fingerprint density at radius 1 is 1.28 bits per heavy atom. The van der Waals surface area contributed by atoms with Crippen molar-refractivity contribution in [2.75, 3.05) is 0 Å². The Hall–Kier alpha value is -2.73. The van der Waals surface area contributed by atoms with Crippen molar-refractivity contribution < 1.29 is 22.0 Å². The van der Waals surface area contributed by atoms with Crippen molar-refractivity contribution in [1.29, 1.82) is 0 Å². The number of sulfonamides is 1. The van der Waals surface area contributed by atoms with Crippen LogP contribution in [0.15, 0.2) is 44.4 Å². The predicted octanol–water partition coefficient (Wildman–Crippen LogP) is 3.04. The van der Waals surface area contributed by atoms with Gasteiger partial charge in [0.1, 0.15) is 11.9 Å². The second kappa shape index (κ2) is 9.02. The van der Waals surface area contributed by atoms with Crippen molar-refractivity contribution in [1.82, 2.24) is 14.9 Å². The average molecular weight is 503 g/mol. The summed E-state index contributed by atoms with van der Waals surface area (Å²) < 4.78 is 48.0. The van der Waals surface area contributed by atoms with Gasteiger partial charge >= 0.3 is 5.76 Å². The number of nitrogens with one attached hydrogen (secondary N) is 2. The number of carbonyl (C=O) groups is 1. The fourth-order valence-corrected chi connectivity index (χ4v) is 5.31. The van der Waals surface area contributed by atoms with E-state index in [0.717, 1.165) is 12.1 Å². The minimum Gasteiger partial charge on any atom is -0.391 e. The summed E-state index contributed by atoms with van der Waals surface area (Å²) in [5, 5.41) is 6.04. The van der Waals surface area contributed by atoms with Gasteiger partial charge in [0.05, 0.1) is 10.5 Å². The number of rotatable bonds is 7. The van der Waals surface area contributed by atoms with E-state index in [1.54, 1.807) is 6.92 Å². The Balaban J connectivity index is 2.14. The Morgan fingerprint density at radius 2 is 1.97 bits per heavy atom. The highest BCUT2D eigenvalue weighted by Gasteiger charge is 2.34. The molecule has 2 atom stereocenters. The molecule has 0 saturated heterocycles. The van der Waals surface area contributed by atoms with E-state index in [1.807, 2.05) is 0 Å². The number of H-pyrrole nitrogens is 1. The van der Waals surface area contributed by atoms with E-state index in [2.05, 4.69) is 14.9 Å². The molecule has 13 heteroatoms. The monoisotopic (exact) mass is 502 g/mol. The summed E-state index contributed by atoms with van der Waals surface area (Å²) in [6.07, 6.45) is 0. The Kier molecular flexibility index (Phi) is 6.75. The maximum absolute atomic E-state index is 14.2. The molecule has 3 rings (SSSR count). The number of aromatic amines is 1. The van der Waals surface area contributed by atoms with E-state index in [-0.39, 0.29) is 32.6 Å². The lowest BCUT2D eigenvalue weighted by Crippen LogP contribution is -2.34. The number of aromatic nitrogens is 2. The van der Waals surface area contributed by atoms with Crippen LogP contribution in [0.4, 0.5) is 4.39 Å². The van der Waals surface area contributed by atoms with Crippen molar-refractivity contribution >= 4 is 39.1 Å². The first kappa shape index (κ1) is 23.9. The van der Waals surface area contributed by atoms with Crippen LogP contribution < -0.4 is 16.2 Å². The third-order valence-electron chi connectivity index (χ3n) is 4.85. The molecule has 0 unspecified atom stereocenters. The molecule has 0 aliphatic heterocycles. The molecule has 0 aliphatic carbocycles. The lowest BCUT2D eigenvalue weighted by Gasteiger charge is -2.25. The molecule has 1 heterocycles. The number of primary amides is 1. The summed E-state index contributed by atoms with van der Waals surface area (Å²) in [7, 11) is -4.44. The van der Waals surface area contributed by atoms with Crippen molar-refractivity contribution in [3.05, 3.63) is 79.3 Å². The largest absolute Gasteiger partial charge is 0.434 e. The minimum atomic E-state index is -4.44. The van der Waals surface area contributed by atoms with Gasteiger partial charge in [0.2, 0.25) is 21.8 Å². The van der Waals surface area contributed by atoms with Gasteiger partial charge < -0.3 is 10.2 Å². The van der Waals surface area contributed by atoms with Gasteiger partial charge in [-0.15, -0.1) is 5.10 Å². The molecule has 0 saturated carbocycles. The summed E-state index contributed by atoms with van der Waals surface area (Å²) >= 11 is 12.1. The second-order valence-corrected chi connectivity index (χ2v) is 9.44. The number of halogens is 3. The maximum Gasteiger partial charge on any atom is 0.434 e. The van der Waals surface area contributed by atoms with Gasteiger partial charge in [0, 0.05) is 16.0 Å². The van der Waals surface area contributed by atoms with E-state index in [0.29, 0.717) is 0 Å². The summed E-state index contributed by atoms with van der Waals surface area (Å²) in [5.74, 6) is -3.69. The molecule has 32 heavy (non-hydrogen) atoms. The summed E-state index contributed by atoms with van der Waals surface area (Å²) in [5.41, 5.74) is 5.41. The molecule has 2 aromatic carbocycles. The predicted molar refractivity (Wildman–Crippen MR) is 115 cm³/mol. The van der Waals surface area contributed by atoms with Gasteiger partial charge in [-0.2, -0.15) is 4.72 Å². The van der Waals surface area contributed by atoms with Gasteiger partial charge in [-0.3, -0.25) is 4.79 Å². The van der Waals surface area contributed by atoms with Gasteiger partial charge in [0.15, 0.2) is 0 Å². The van der Waals surface area contributed by atoms with Gasteiger partial charge in [-0.1, -0.05) is 30.1 Å². The molecule has 1 amide bonds. The molecule has 1 aromatic heterocycles. The third kappa shape index (κ3) is 4.70. The smallest absolute Gasteiger partial charge is 0.391 e. The number of carbonyl (C=O) groups excluding carboxylic acids is 1. The first-order valence-electron chi connectivity index (χ1n) is 9.04. The van der Waals surface area contributed by atoms with Crippen LogP contribution in [0, 0.1) is 12.7 Å². The first-order chi connectivity index (χ1) is 14.9. The number of nitrogens with two attached hydrogens (primary N) is 1. The molecule has 9 nitrogen and oxygen atoms in total. The van der Waals surface area contributed by atoms with Crippen molar-refractivity contribution in [3.63, 3.8) is 0 Å². The van der Waals surface area contributed by atoms with Gasteiger partial charge in [-0.25, -0.2) is 22.7 Å². The van der Waals surface area contributed by atoms with E-state index in [1.165, 1.54) is 25.1 Å². The SMILES string of the molecule is Cc1c(F)ccc(Cl)c1[C@@H](C)[C@H](NS(=O)(=O)c1ccc(Cl)cc1C(N)=O)c1n[nH]c(=O)o1. The molecule has 0 fully saturated rings. The zero-order valence-corrected chi connectivity index (χ0v) is 19.0. The summed E-state index contributed by atoms with van der Waals surface area (Å²) in [6.45, 7) is 3.02. The molecular weight excluding hydrogens is 486 g/mol. The zero-order valence-electron chi connectivity index (χ0n) is 16.6. The average Bonchev–Trinajstić information content (AvgIpc) is 3.15. The lowest BCUT2D eigenvalue weighted by atomic mass is 9.90. The number of benzene rings is 2. The molecule has 170 valence electrons. The van der Waals surface area contributed by atoms with Crippen LogP contribution in [0.3, 0.4) is 0 Å². The van der Waals surface area contributed by atoms with Crippen LogP contribution in [0.25, 0.3) is 0 Å². The molecule has 3 aromatic rings. The summed E-state index contributed by atoms with van der Waals surface area (Å²) in [4.78, 5) is 22.9. The molecular formula is C19H17Cl2FN4O5S.